The summed E-state index contributed by atoms with van der Waals surface area (Å²) in [4.78, 5) is 22.8. The van der Waals surface area contributed by atoms with E-state index in [4.69, 9.17) is 9.47 Å². The third-order valence-electron chi connectivity index (χ3n) is 3.33. The minimum atomic E-state index is -0.511. The van der Waals surface area contributed by atoms with Crippen molar-refractivity contribution in [1.29, 1.82) is 0 Å². The fourth-order valence-electron chi connectivity index (χ4n) is 2.03. The first kappa shape index (κ1) is 16.3. The highest BCUT2D eigenvalue weighted by atomic mass is 16.6. The molecular weight excluding hydrogens is 300 g/mol. The number of carbonyl (C=O) groups is 1. The number of nitro benzene ring substituents is 1. The first-order valence-corrected chi connectivity index (χ1v) is 6.74. The molecule has 1 amide bonds. The van der Waals surface area contributed by atoms with Crippen LogP contribution < -0.4 is 14.8 Å². The molecule has 0 aliphatic carbocycles. The summed E-state index contributed by atoms with van der Waals surface area (Å²) >= 11 is 0. The van der Waals surface area contributed by atoms with Crippen molar-refractivity contribution in [3.63, 3.8) is 0 Å². The average molecular weight is 316 g/mol. The number of ether oxygens (including phenoxy) is 2. The molecular formula is C16H16N2O5. The molecule has 0 aromatic heterocycles. The van der Waals surface area contributed by atoms with Crippen molar-refractivity contribution in [2.75, 3.05) is 19.5 Å². The summed E-state index contributed by atoms with van der Waals surface area (Å²) in [5, 5.41) is 13.5. The van der Waals surface area contributed by atoms with Gasteiger partial charge in [-0.25, -0.2) is 0 Å². The molecule has 0 atom stereocenters. The number of hydrogen-bond acceptors (Lipinski definition) is 5. The van der Waals surface area contributed by atoms with Gasteiger partial charge in [-0.15, -0.1) is 0 Å². The molecule has 120 valence electrons. The van der Waals surface area contributed by atoms with Gasteiger partial charge in [0.15, 0.2) is 0 Å². The van der Waals surface area contributed by atoms with Crippen LogP contribution in [0, 0.1) is 17.0 Å². The van der Waals surface area contributed by atoms with Crippen LogP contribution in [0.4, 0.5) is 11.4 Å². The molecule has 7 heteroatoms. The Hall–Kier alpha value is -3.09. The Morgan fingerprint density at radius 3 is 2.48 bits per heavy atom. The molecule has 0 fully saturated rings. The minimum absolute atomic E-state index is 0.0902. The number of non-ortho nitro benzene ring substituents is 1. The van der Waals surface area contributed by atoms with Crippen LogP contribution in [0.25, 0.3) is 0 Å². The van der Waals surface area contributed by atoms with Crippen LogP contribution >= 0.6 is 0 Å². The monoisotopic (exact) mass is 316 g/mol. The summed E-state index contributed by atoms with van der Waals surface area (Å²) in [6.07, 6.45) is 0. The smallest absolute Gasteiger partial charge is 0.271 e. The van der Waals surface area contributed by atoms with Gasteiger partial charge in [-0.2, -0.15) is 0 Å². The largest absolute Gasteiger partial charge is 0.497 e. The maximum atomic E-state index is 12.4. The van der Waals surface area contributed by atoms with E-state index in [9.17, 15) is 14.9 Å². The van der Waals surface area contributed by atoms with Gasteiger partial charge < -0.3 is 14.8 Å². The molecule has 0 bridgehead atoms. The number of benzene rings is 2. The van der Waals surface area contributed by atoms with Crippen LogP contribution in [0.2, 0.25) is 0 Å². The maximum absolute atomic E-state index is 12.4. The lowest BCUT2D eigenvalue weighted by Gasteiger charge is -2.12. The Morgan fingerprint density at radius 1 is 1.13 bits per heavy atom. The molecule has 0 unspecified atom stereocenters. The standard InChI is InChI=1S/C16H16N2O5/c1-10-4-5-11(18(20)21)8-14(10)17-16(19)13-7-6-12(22-2)9-15(13)23-3/h4-9H,1-3H3,(H,17,19). The molecule has 2 aromatic carbocycles. The Labute approximate surface area is 133 Å². The van der Waals surface area contributed by atoms with Gasteiger partial charge in [0.2, 0.25) is 0 Å². The number of anilines is 1. The highest BCUT2D eigenvalue weighted by Gasteiger charge is 2.16. The molecule has 0 spiro atoms. The summed E-state index contributed by atoms with van der Waals surface area (Å²) < 4.78 is 10.3. The molecule has 0 radical (unpaired) electrons. The lowest BCUT2D eigenvalue weighted by atomic mass is 10.1. The van der Waals surface area contributed by atoms with Gasteiger partial charge in [-0.05, 0) is 24.6 Å². The van der Waals surface area contributed by atoms with Gasteiger partial charge in [0.25, 0.3) is 11.6 Å². The summed E-state index contributed by atoms with van der Waals surface area (Å²) in [6, 6.07) is 9.09. The zero-order valence-corrected chi connectivity index (χ0v) is 13.0. The second kappa shape index (κ2) is 6.78. The number of nitro groups is 1. The highest BCUT2D eigenvalue weighted by molar-refractivity contribution is 6.06. The van der Waals surface area contributed by atoms with Crippen molar-refractivity contribution < 1.29 is 19.2 Å². The molecule has 1 N–H and O–H groups in total. The van der Waals surface area contributed by atoms with Gasteiger partial charge in [0, 0.05) is 18.2 Å². The van der Waals surface area contributed by atoms with Gasteiger partial charge in [-0.1, -0.05) is 6.07 Å². The fourth-order valence-corrected chi connectivity index (χ4v) is 2.03. The molecule has 0 saturated carbocycles. The van der Waals surface area contributed by atoms with Crippen LogP contribution in [-0.2, 0) is 0 Å². The van der Waals surface area contributed by atoms with Crippen LogP contribution in [-0.4, -0.2) is 25.1 Å². The number of hydrogen-bond donors (Lipinski definition) is 1. The van der Waals surface area contributed by atoms with Crippen molar-refractivity contribution in [2.24, 2.45) is 0 Å². The predicted molar refractivity (Wildman–Crippen MR) is 85.3 cm³/mol. The van der Waals surface area contributed by atoms with Gasteiger partial charge >= 0.3 is 0 Å². The number of nitrogens with one attached hydrogen (secondary N) is 1. The Balaban J connectivity index is 2.32. The summed E-state index contributed by atoms with van der Waals surface area (Å²) in [6.45, 7) is 1.75. The number of methoxy groups -OCH3 is 2. The molecule has 0 aliphatic heterocycles. The highest BCUT2D eigenvalue weighted by Crippen LogP contribution is 2.27. The number of nitrogens with zero attached hydrogens (tertiary/aromatic N) is 1. The molecule has 0 saturated heterocycles. The third kappa shape index (κ3) is 3.57. The second-order valence-electron chi connectivity index (χ2n) is 4.78. The molecule has 7 nitrogen and oxygen atoms in total. The molecule has 23 heavy (non-hydrogen) atoms. The quantitative estimate of drug-likeness (QED) is 0.676. The van der Waals surface area contributed by atoms with Gasteiger partial charge in [0.1, 0.15) is 11.5 Å². The zero-order chi connectivity index (χ0) is 17.0. The maximum Gasteiger partial charge on any atom is 0.271 e. The van der Waals surface area contributed by atoms with E-state index in [2.05, 4.69) is 5.32 Å². The van der Waals surface area contributed by atoms with Crippen molar-refractivity contribution in [3.8, 4) is 11.5 Å². The number of carbonyl (C=O) groups excluding carboxylic acids is 1. The van der Waals surface area contributed by atoms with E-state index in [1.807, 2.05) is 0 Å². The van der Waals surface area contributed by atoms with Gasteiger partial charge in [0.05, 0.1) is 30.4 Å². The summed E-state index contributed by atoms with van der Waals surface area (Å²) in [5.41, 5.74) is 1.31. The molecule has 0 heterocycles. The van der Waals surface area contributed by atoms with E-state index < -0.39 is 10.8 Å². The Morgan fingerprint density at radius 2 is 1.87 bits per heavy atom. The van der Waals surface area contributed by atoms with E-state index >= 15 is 0 Å². The zero-order valence-electron chi connectivity index (χ0n) is 13.0. The Bertz CT molecular complexity index is 758. The first-order chi connectivity index (χ1) is 11.0. The molecule has 0 aliphatic rings. The van der Waals surface area contributed by atoms with E-state index in [0.29, 0.717) is 22.7 Å². The minimum Gasteiger partial charge on any atom is -0.497 e. The normalized spacial score (nSPS) is 10.0. The predicted octanol–water partition coefficient (Wildman–Crippen LogP) is 3.17. The fraction of sp³-hybridized carbons (Fsp3) is 0.188. The first-order valence-electron chi connectivity index (χ1n) is 6.74. The lowest BCUT2D eigenvalue weighted by Crippen LogP contribution is -2.14. The van der Waals surface area contributed by atoms with Crippen LogP contribution in [0.1, 0.15) is 15.9 Å². The second-order valence-corrected chi connectivity index (χ2v) is 4.78. The van der Waals surface area contributed by atoms with Crippen LogP contribution in [0.5, 0.6) is 11.5 Å². The number of amides is 1. The van der Waals surface area contributed by atoms with Crippen molar-refractivity contribution in [1.82, 2.24) is 0 Å². The topological polar surface area (TPSA) is 90.7 Å². The van der Waals surface area contributed by atoms with E-state index in [0.717, 1.165) is 5.56 Å². The van der Waals surface area contributed by atoms with Crippen LogP contribution in [0.3, 0.4) is 0 Å². The molecule has 2 rings (SSSR count). The summed E-state index contributed by atoms with van der Waals surface area (Å²) in [5.74, 6) is 0.489. The van der Waals surface area contributed by atoms with E-state index in [-0.39, 0.29) is 5.69 Å². The van der Waals surface area contributed by atoms with Crippen LogP contribution in [0.15, 0.2) is 36.4 Å². The average Bonchev–Trinajstić information content (AvgIpc) is 2.55. The lowest BCUT2D eigenvalue weighted by molar-refractivity contribution is -0.384. The van der Waals surface area contributed by atoms with Crippen molar-refractivity contribution >= 4 is 17.3 Å². The third-order valence-corrected chi connectivity index (χ3v) is 3.33. The Kier molecular flexibility index (Phi) is 4.80. The van der Waals surface area contributed by atoms with Crippen molar-refractivity contribution in [3.05, 3.63) is 57.6 Å². The van der Waals surface area contributed by atoms with Gasteiger partial charge in [-0.3, -0.25) is 14.9 Å². The summed E-state index contributed by atoms with van der Waals surface area (Å²) in [7, 11) is 2.96. The van der Waals surface area contributed by atoms with E-state index in [1.165, 1.54) is 26.4 Å². The number of rotatable bonds is 5. The molecule has 2 aromatic rings. The SMILES string of the molecule is COc1ccc(C(=O)Nc2cc([N+](=O)[O-])ccc2C)c(OC)c1. The van der Waals surface area contributed by atoms with E-state index in [1.54, 1.807) is 31.2 Å². The van der Waals surface area contributed by atoms with Crippen molar-refractivity contribution in [2.45, 2.75) is 6.92 Å². The number of aryl methyl sites for hydroxylation is 1.